The van der Waals surface area contributed by atoms with Crippen molar-refractivity contribution in [2.24, 2.45) is 44.8 Å². The van der Waals surface area contributed by atoms with Crippen molar-refractivity contribution in [2.45, 2.75) is 211 Å². The highest BCUT2D eigenvalue weighted by atomic mass is 16.7. The molecule has 3 saturated heterocycles. The molecule has 0 aromatic carbocycles. The average molecular weight is 869 g/mol. The van der Waals surface area contributed by atoms with Crippen LogP contribution in [0.1, 0.15) is 120 Å². The molecule has 2 spiro atoms. The highest BCUT2D eigenvalue weighted by molar-refractivity contribution is 5.67. The molecule has 3 heterocycles. The summed E-state index contributed by atoms with van der Waals surface area (Å²) in [7, 11) is 0. The summed E-state index contributed by atoms with van der Waals surface area (Å²) in [4.78, 5) is 24.5. The van der Waals surface area contributed by atoms with E-state index in [0.29, 0.717) is 25.7 Å². The lowest BCUT2D eigenvalue weighted by Crippen LogP contribution is -2.65. The molecule has 7 N–H and O–H groups in total. The summed E-state index contributed by atoms with van der Waals surface area (Å²) in [5.74, 6) is -1.67. The maximum Gasteiger partial charge on any atom is 0.303 e. The molecular formula is C45H72O16. The van der Waals surface area contributed by atoms with Crippen LogP contribution in [0.5, 0.6) is 0 Å². The standard InChI is InChI=1S/C45H72O16/c1-21(47)56-33-24(50)19-55-38(34(33)57-22(2)48)60-28-11-13-45-20-44(45)15-14-41(7)35(43(9)12-10-29(61-43)40(5,6)54)23(49)17-42(41,8)27(44)16-25(36(45)39(28,3)4)58-37-32(53)31(52)30(51)26(18-46)59-37/h23-38,46,49-54H,10-20H2,1-9H3/t23-,24+,25-,26-,27-,28-,29+,30-,31+,32-,33-,34+,35-,36-,37-,38-,41+,42-,43-,44-,45+/m0/s1. The first-order chi connectivity index (χ1) is 28.3. The molecular weight excluding hydrogens is 796 g/mol. The Morgan fingerprint density at radius 2 is 1.43 bits per heavy atom. The summed E-state index contributed by atoms with van der Waals surface area (Å²) >= 11 is 0. The van der Waals surface area contributed by atoms with Gasteiger partial charge >= 0.3 is 11.9 Å². The third-order valence-electron chi connectivity index (χ3n) is 18.2. The minimum Gasteiger partial charge on any atom is -0.455 e. The van der Waals surface area contributed by atoms with Crippen molar-refractivity contribution in [3.05, 3.63) is 0 Å². The van der Waals surface area contributed by atoms with Crippen molar-refractivity contribution in [1.29, 1.82) is 0 Å². The van der Waals surface area contributed by atoms with Crippen LogP contribution in [0.3, 0.4) is 0 Å². The van der Waals surface area contributed by atoms with E-state index in [0.717, 1.165) is 32.1 Å². The Labute approximate surface area is 358 Å². The Hall–Kier alpha value is -1.54. The number of carbonyl (C=O) groups excluding carboxylic acids is 2. The molecule has 5 aliphatic carbocycles. The van der Waals surface area contributed by atoms with E-state index < -0.39 is 109 Å². The molecule has 3 aliphatic heterocycles. The van der Waals surface area contributed by atoms with E-state index in [1.165, 1.54) is 13.8 Å². The van der Waals surface area contributed by atoms with Crippen LogP contribution in [0.4, 0.5) is 0 Å². The molecule has 0 aromatic heterocycles. The van der Waals surface area contributed by atoms with E-state index in [1.807, 2.05) is 0 Å². The van der Waals surface area contributed by atoms with E-state index in [9.17, 15) is 45.3 Å². The fourth-order valence-corrected chi connectivity index (χ4v) is 15.5. The number of hydrogen-bond acceptors (Lipinski definition) is 16. The molecule has 348 valence electrons. The zero-order valence-electron chi connectivity index (χ0n) is 37.3. The quantitative estimate of drug-likeness (QED) is 0.129. The number of esters is 2. The van der Waals surface area contributed by atoms with Crippen molar-refractivity contribution < 1.29 is 78.5 Å². The predicted molar refractivity (Wildman–Crippen MR) is 213 cm³/mol. The lowest BCUT2D eigenvalue weighted by molar-refractivity contribution is -0.339. The second kappa shape index (κ2) is 15.3. The van der Waals surface area contributed by atoms with Crippen LogP contribution in [0.25, 0.3) is 0 Å². The minimum atomic E-state index is -1.63. The molecule has 5 saturated carbocycles. The first kappa shape index (κ1) is 46.0. The number of carbonyl (C=O) groups is 2. The van der Waals surface area contributed by atoms with Gasteiger partial charge in [-0.25, -0.2) is 0 Å². The fourth-order valence-electron chi connectivity index (χ4n) is 15.5. The largest absolute Gasteiger partial charge is 0.455 e. The van der Waals surface area contributed by atoms with Gasteiger partial charge in [-0.15, -0.1) is 0 Å². The third-order valence-corrected chi connectivity index (χ3v) is 18.2. The van der Waals surface area contributed by atoms with Crippen LogP contribution in [0, 0.1) is 44.8 Å². The topological polar surface area (TPSA) is 240 Å². The Morgan fingerprint density at radius 3 is 2.05 bits per heavy atom. The van der Waals surface area contributed by atoms with E-state index in [4.69, 9.17) is 33.2 Å². The van der Waals surface area contributed by atoms with Crippen molar-refractivity contribution in [3.63, 3.8) is 0 Å². The Balaban J connectivity index is 1.15. The van der Waals surface area contributed by atoms with Gasteiger partial charge in [0.1, 0.15) is 30.5 Å². The summed E-state index contributed by atoms with van der Waals surface area (Å²) in [6.07, 6.45) is -7.80. The van der Waals surface area contributed by atoms with Gasteiger partial charge in [0.15, 0.2) is 24.8 Å². The molecule has 8 aliphatic rings. The lowest BCUT2D eigenvalue weighted by Gasteiger charge is -2.65. The minimum absolute atomic E-state index is 0.0638. The SMILES string of the molecule is CC(=O)O[C@@H]1[C@@H](OC(C)=O)[C@H](O[C@H]2CC[C@]34C[C@]35CC[C@]3(C)[C@@H]([C@]6(C)CC[C@H](C(C)(C)O)O6)[C@@H](O)C[C@@]3(C)[C@@H]5C[C@H](O[C@H]3O[C@@H](CO)[C@H](O)[C@@H](O)[C@@H]3O)[C@H]4C2(C)C)OC[C@H]1O. The Kier molecular flexibility index (Phi) is 11.5. The van der Waals surface area contributed by atoms with Crippen LogP contribution in [0.2, 0.25) is 0 Å². The molecule has 16 heteroatoms. The van der Waals surface area contributed by atoms with Gasteiger partial charge in [-0.2, -0.15) is 0 Å². The zero-order chi connectivity index (χ0) is 44.6. The predicted octanol–water partition coefficient (Wildman–Crippen LogP) is 1.87. The molecule has 21 atom stereocenters. The summed E-state index contributed by atoms with van der Waals surface area (Å²) in [5.41, 5.74) is -3.46. The van der Waals surface area contributed by atoms with Gasteiger partial charge < -0.3 is 68.9 Å². The van der Waals surface area contributed by atoms with Gasteiger partial charge in [0.2, 0.25) is 0 Å². The fraction of sp³-hybridized carbons (Fsp3) is 0.956. The molecule has 0 unspecified atom stereocenters. The molecule has 8 fully saturated rings. The molecule has 0 radical (unpaired) electrons. The number of ether oxygens (including phenoxy) is 7. The monoisotopic (exact) mass is 868 g/mol. The summed E-state index contributed by atoms with van der Waals surface area (Å²) in [5, 5.41) is 77.1. The van der Waals surface area contributed by atoms with Gasteiger partial charge in [-0.3, -0.25) is 9.59 Å². The average Bonchev–Trinajstić information content (AvgIpc) is 3.52. The van der Waals surface area contributed by atoms with Crippen LogP contribution in [0.15, 0.2) is 0 Å². The van der Waals surface area contributed by atoms with Crippen molar-refractivity contribution in [1.82, 2.24) is 0 Å². The van der Waals surface area contributed by atoms with E-state index in [1.54, 1.807) is 13.8 Å². The maximum atomic E-state index is 12.4. The van der Waals surface area contributed by atoms with E-state index >= 15 is 0 Å². The van der Waals surface area contributed by atoms with E-state index in [-0.39, 0.29) is 52.1 Å². The maximum absolute atomic E-state index is 12.4. The molecule has 8 rings (SSSR count). The Morgan fingerprint density at radius 1 is 0.754 bits per heavy atom. The number of aliphatic hydroxyl groups is 7. The Bertz CT molecular complexity index is 1680. The number of rotatable bonds is 9. The van der Waals surface area contributed by atoms with Gasteiger partial charge in [0, 0.05) is 19.8 Å². The molecule has 0 amide bonds. The lowest BCUT2D eigenvalue weighted by atomic mass is 9.41. The highest BCUT2D eigenvalue weighted by Gasteiger charge is 2.85. The number of hydrogen-bond donors (Lipinski definition) is 7. The van der Waals surface area contributed by atoms with Gasteiger partial charge in [-0.1, -0.05) is 27.7 Å². The van der Waals surface area contributed by atoms with Crippen LogP contribution >= 0.6 is 0 Å². The van der Waals surface area contributed by atoms with Crippen LogP contribution in [-0.2, 0) is 42.7 Å². The number of fused-ring (bicyclic) bond motifs is 2. The number of aliphatic hydroxyl groups excluding tert-OH is 6. The molecule has 0 bridgehead atoms. The van der Waals surface area contributed by atoms with E-state index in [2.05, 4.69) is 34.6 Å². The molecule has 0 aromatic rings. The van der Waals surface area contributed by atoms with Gasteiger partial charge in [0.25, 0.3) is 0 Å². The highest BCUT2D eigenvalue weighted by Crippen LogP contribution is 2.89. The first-order valence-electron chi connectivity index (χ1n) is 22.6. The summed E-state index contributed by atoms with van der Waals surface area (Å²) in [6.45, 7) is 16.1. The van der Waals surface area contributed by atoms with Crippen molar-refractivity contribution in [3.8, 4) is 0 Å². The second-order valence-corrected chi connectivity index (χ2v) is 22.2. The molecule has 61 heavy (non-hydrogen) atoms. The van der Waals surface area contributed by atoms with Crippen molar-refractivity contribution in [2.75, 3.05) is 13.2 Å². The van der Waals surface area contributed by atoms with Crippen LogP contribution < -0.4 is 0 Å². The van der Waals surface area contributed by atoms with Crippen molar-refractivity contribution >= 4 is 11.9 Å². The zero-order valence-corrected chi connectivity index (χ0v) is 37.3. The third kappa shape index (κ3) is 6.89. The normalized spacial score (nSPS) is 53.8. The second-order valence-electron chi connectivity index (χ2n) is 22.2. The smallest absolute Gasteiger partial charge is 0.303 e. The van der Waals surface area contributed by atoms with Gasteiger partial charge in [0.05, 0.1) is 48.8 Å². The van der Waals surface area contributed by atoms with Crippen LogP contribution in [-0.4, -0.2) is 152 Å². The summed E-state index contributed by atoms with van der Waals surface area (Å²) in [6, 6.07) is 0. The molecule has 16 nitrogen and oxygen atoms in total. The first-order valence-corrected chi connectivity index (χ1v) is 22.6. The van der Waals surface area contributed by atoms with Gasteiger partial charge in [-0.05, 0) is 117 Å². The summed E-state index contributed by atoms with van der Waals surface area (Å²) < 4.78 is 43.6.